The van der Waals surface area contributed by atoms with Crippen molar-refractivity contribution in [2.75, 3.05) is 18.8 Å². The third-order valence-electron chi connectivity index (χ3n) is 0.925. The van der Waals surface area contributed by atoms with E-state index in [2.05, 4.69) is 13.2 Å². The standard InChI is InChI=1S/C7H12ClO3P/c1-3-5-10-12(9,7-8)11-6-4-2/h3-4H,1-2,5-7H2. The fourth-order valence-electron chi connectivity index (χ4n) is 0.439. The van der Waals surface area contributed by atoms with Crippen LogP contribution in [0.15, 0.2) is 25.3 Å². The van der Waals surface area contributed by atoms with E-state index >= 15 is 0 Å². The molecule has 0 spiro atoms. The lowest BCUT2D eigenvalue weighted by molar-refractivity contribution is 0.241. The van der Waals surface area contributed by atoms with Crippen molar-refractivity contribution in [2.24, 2.45) is 0 Å². The van der Waals surface area contributed by atoms with Crippen LogP contribution in [0.3, 0.4) is 0 Å². The van der Waals surface area contributed by atoms with Crippen LogP contribution < -0.4 is 0 Å². The van der Waals surface area contributed by atoms with E-state index in [0.29, 0.717) is 0 Å². The van der Waals surface area contributed by atoms with Crippen molar-refractivity contribution in [3.63, 3.8) is 0 Å². The van der Waals surface area contributed by atoms with Crippen molar-refractivity contribution in [3.8, 4) is 0 Å². The lowest BCUT2D eigenvalue weighted by Crippen LogP contribution is -1.97. The lowest BCUT2D eigenvalue weighted by Gasteiger charge is -2.13. The van der Waals surface area contributed by atoms with Gasteiger partial charge in [0.25, 0.3) is 0 Å². The van der Waals surface area contributed by atoms with Crippen molar-refractivity contribution in [1.82, 2.24) is 0 Å². The monoisotopic (exact) mass is 210 g/mol. The van der Waals surface area contributed by atoms with E-state index in [1.54, 1.807) is 0 Å². The molecule has 3 nitrogen and oxygen atoms in total. The first-order valence-electron chi connectivity index (χ1n) is 3.34. The zero-order chi connectivity index (χ0) is 9.45. The molecule has 0 N–H and O–H groups in total. The minimum atomic E-state index is -3.11. The zero-order valence-electron chi connectivity index (χ0n) is 6.74. The Bertz CT molecular complexity index is 177. The molecule has 0 aromatic heterocycles. The van der Waals surface area contributed by atoms with Gasteiger partial charge in [-0.15, -0.1) is 24.8 Å². The van der Waals surface area contributed by atoms with Gasteiger partial charge in [0.05, 0.1) is 13.2 Å². The Hall–Kier alpha value is -0.0800. The Balaban J connectivity index is 3.94. The van der Waals surface area contributed by atoms with E-state index in [1.807, 2.05) is 0 Å². The quantitative estimate of drug-likeness (QED) is 0.368. The van der Waals surface area contributed by atoms with E-state index in [-0.39, 0.29) is 18.8 Å². The van der Waals surface area contributed by atoms with Crippen LogP contribution in [-0.2, 0) is 13.6 Å². The molecule has 0 heterocycles. The van der Waals surface area contributed by atoms with Crippen LogP contribution in [0.4, 0.5) is 0 Å². The Morgan fingerprint density at radius 1 is 1.25 bits per heavy atom. The molecule has 0 aromatic rings. The summed E-state index contributed by atoms with van der Waals surface area (Å²) in [4.78, 5) is 0. The average Bonchev–Trinajstić information content (AvgIpc) is 2.11. The molecule has 0 saturated heterocycles. The van der Waals surface area contributed by atoms with Gasteiger partial charge in [-0.2, -0.15) is 0 Å². The van der Waals surface area contributed by atoms with Gasteiger partial charge in [-0.05, 0) is 0 Å². The van der Waals surface area contributed by atoms with Gasteiger partial charge in [0.2, 0.25) is 0 Å². The fraction of sp³-hybridized carbons (Fsp3) is 0.429. The van der Waals surface area contributed by atoms with E-state index in [4.69, 9.17) is 20.6 Å². The molecule has 0 unspecified atom stereocenters. The summed E-state index contributed by atoms with van der Waals surface area (Å²) in [7, 11) is -3.11. The molecular weight excluding hydrogens is 199 g/mol. The number of alkyl halides is 1. The van der Waals surface area contributed by atoms with Crippen LogP contribution in [0.2, 0.25) is 0 Å². The topological polar surface area (TPSA) is 35.5 Å². The summed E-state index contributed by atoms with van der Waals surface area (Å²) in [6.45, 7) is 7.16. The third kappa shape index (κ3) is 4.73. The van der Waals surface area contributed by atoms with Gasteiger partial charge >= 0.3 is 7.60 Å². The fourth-order valence-corrected chi connectivity index (χ4v) is 1.73. The smallest absolute Gasteiger partial charge is 0.304 e. The predicted molar refractivity (Wildman–Crippen MR) is 50.6 cm³/mol. The molecule has 0 rings (SSSR count). The Labute approximate surface area is 77.5 Å². The van der Waals surface area contributed by atoms with E-state index in [1.165, 1.54) is 12.2 Å². The highest BCUT2D eigenvalue weighted by molar-refractivity contribution is 7.55. The number of hydrogen-bond acceptors (Lipinski definition) is 3. The van der Waals surface area contributed by atoms with Gasteiger partial charge in [0.15, 0.2) is 0 Å². The van der Waals surface area contributed by atoms with Crippen LogP contribution in [0.1, 0.15) is 0 Å². The van der Waals surface area contributed by atoms with E-state index in [0.717, 1.165) is 0 Å². The molecule has 0 bridgehead atoms. The van der Waals surface area contributed by atoms with Gasteiger partial charge in [-0.1, -0.05) is 12.2 Å². The molecule has 70 valence electrons. The highest BCUT2D eigenvalue weighted by Gasteiger charge is 2.21. The second kappa shape index (κ2) is 6.44. The molecule has 5 heteroatoms. The first-order valence-corrected chi connectivity index (χ1v) is 5.60. The number of rotatable bonds is 7. The maximum absolute atomic E-state index is 11.4. The highest BCUT2D eigenvalue weighted by Crippen LogP contribution is 2.48. The average molecular weight is 211 g/mol. The summed E-state index contributed by atoms with van der Waals surface area (Å²) in [6, 6.07) is 0. The first kappa shape index (κ1) is 11.9. The zero-order valence-corrected chi connectivity index (χ0v) is 8.39. The molecule has 0 aliphatic heterocycles. The van der Waals surface area contributed by atoms with Crippen LogP contribution in [0.25, 0.3) is 0 Å². The van der Waals surface area contributed by atoms with Crippen molar-refractivity contribution in [3.05, 3.63) is 25.3 Å². The number of hydrogen-bond donors (Lipinski definition) is 0. The summed E-state index contributed by atoms with van der Waals surface area (Å²) in [6.07, 6.45) is 2.97. The molecule has 0 aromatic carbocycles. The van der Waals surface area contributed by atoms with Crippen LogP contribution in [0, 0.1) is 0 Å². The summed E-state index contributed by atoms with van der Waals surface area (Å²) in [5.74, 6) is 0. The SMILES string of the molecule is C=CCOP(=O)(CCl)OCC=C. The second-order valence-electron chi connectivity index (χ2n) is 1.90. The molecule has 0 radical (unpaired) electrons. The summed E-state index contributed by atoms with van der Waals surface area (Å²) >= 11 is 5.40. The van der Waals surface area contributed by atoms with Crippen LogP contribution in [0.5, 0.6) is 0 Å². The van der Waals surface area contributed by atoms with E-state index in [9.17, 15) is 4.57 Å². The van der Waals surface area contributed by atoms with Gasteiger partial charge < -0.3 is 9.05 Å². The highest BCUT2D eigenvalue weighted by atomic mass is 35.5. The van der Waals surface area contributed by atoms with Crippen molar-refractivity contribution in [1.29, 1.82) is 0 Å². The molecule has 0 amide bonds. The Morgan fingerprint density at radius 3 is 1.92 bits per heavy atom. The predicted octanol–water partition coefficient (Wildman–Crippen LogP) is 2.78. The van der Waals surface area contributed by atoms with Crippen molar-refractivity contribution in [2.45, 2.75) is 0 Å². The second-order valence-corrected chi connectivity index (χ2v) is 4.59. The summed E-state index contributed by atoms with van der Waals surface area (Å²) in [5.41, 5.74) is -0.158. The molecule has 0 atom stereocenters. The molecule has 12 heavy (non-hydrogen) atoms. The third-order valence-corrected chi connectivity index (χ3v) is 3.18. The summed E-state index contributed by atoms with van der Waals surface area (Å²) < 4.78 is 21.2. The Kier molecular flexibility index (Phi) is 6.39. The largest absolute Gasteiger partial charge is 0.345 e. The molecule has 0 aliphatic carbocycles. The summed E-state index contributed by atoms with van der Waals surface area (Å²) in [5, 5.41) is 0. The molecule has 0 saturated carbocycles. The first-order chi connectivity index (χ1) is 5.68. The van der Waals surface area contributed by atoms with Crippen LogP contribution in [-0.4, -0.2) is 18.8 Å². The van der Waals surface area contributed by atoms with Crippen LogP contribution >= 0.6 is 19.2 Å². The molecular formula is C7H12ClO3P. The van der Waals surface area contributed by atoms with Gasteiger partial charge in [-0.3, -0.25) is 4.57 Å². The maximum atomic E-state index is 11.4. The van der Waals surface area contributed by atoms with Crippen molar-refractivity contribution >= 4 is 19.2 Å². The van der Waals surface area contributed by atoms with Gasteiger partial charge in [0.1, 0.15) is 5.62 Å². The minimum absolute atomic E-state index is 0.158. The van der Waals surface area contributed by atoms with Gasteiger partial charge in [0, 0.05) is 0 Å². The van der Waals surface area contributed by atoms with Gasteiger partial charge in [-0.25, -0.2) is 0 Å². The maximum Gasteiger partial charge on any atom is 0.345 e. The molecule has 0 fully saturated rings. The van der Waals surface area contributed by atoms with Crippen molar-refractivity contribution < 1.29 is 13.6 Å². The lowest BCUT2D eigenvalue weighted by atomic mass is 10.7. The normalized spacial score (nSPS) is 11.1. The minimum Gasteiger partial charge on any atom is -0.304 e. The molecule has 0 aliphatic rings. The van der Waals surface area contributed by atoms with E-state index < -0.39 is 7.60 Å². The number of halogens is 1. The Morgan fingerprint density at radius 2 is 1.67 bits per heavy atom.